The van der Waals surface area contributed by atoms with E-state index in [0.29, 0.717) is 0 Å². The summed E-state index contributed by atoms with van der Waals surface area (Å²) >= 11 is 0. The quantitative estimate of drug-likeness (QED) is 0.823. The molecule has 1 aliphatic heterocycles. The molecule has 0 bridgehead atoms. The molecule has 0 amide bonds. The van der Waals surface area contributed by atoms with Crippen LogP contribution in [0.3, 0.4) is 0 Å². The molecule has 0 aliphatic carbocycles. The normalized spacial score (nSPS) is 18.1. The second-order valence-electron chi connectivity index (χ2n) is 5.64. The predicted octanol–water partition coefficient (Wildman–Crippen LogP) is 3.59. The first-order chi connectivity index (χ1) is 8.70. The van der Waals surface area contributed by atoms with Crippen LogP contribution >= 0.6 is 0 Å². The highest BCUT2D eigenvalue weighted by Crippen LogP contribution is 2.24. The van der Waals surface area contributed by atoms with Crippen LogP contribution < -0.4 is 5.73 Å². The number of nitrogens with two attached hydrogens (primary N) is 1. The van der Waals surface area contributed by atoms with Crippen molar-refractivity contribution < 1.29 is 0 Å². The summed E-state index contributed by atoms with van der Waals surface area (Å²) in [6.45, 7) is 7.99. The molecule has 1 aromatic rings. The molecule has 1 aromatic carbocycles. The lowest BCUT2D eigenvalue weighted by Crippen LogP contribution is -2.33. The standard InChI is InChI=1S/C16H26N2/c1-3-5-14-8-10-18(11-9-14)12-15-6-4-7-16(17)13(15)2/h4,6-7,14H,3,5,8-12,17H2,1-2H3. The van der Waals surface area contributed by atoms with Crippen LogP contribution in [0.2, 0.25) is 0 Å². The lowest BCUT2D eigenvalue weighted by molar-refractivity contribution is 0.171. The SMILES string of the molecule is CCCC1CCN(Cc2cccc(N)c2C)CC1. The van der Waals surface area contributed by atoms with Gasteiger partial charge in [0.2, 0.25) is 0 Å². The summed E-state index contributed by atoms with van der Waals surface area (Å²) in [5.41, 5.74) is 9.54. The Morgan fingerprint density at radius 3 is 2.67 bits per heavy atom. The largest absolute Gasteiger partial charge is 0.399 e. The fourth-order valence-corrected chi connectivity index (χ4v) is 2.96. The van der Waals surface area contributed by atoms with Crippen LogP contribution in [-0.2, 0) is 6.54 Å². The molecule has 2 nitrogen and oxygen atoms in total. The summed E-state index contributed by atoms with van der Waals surface area (Å²) in [5.74, 6) is 0.966. The molecule has 1 heterocycles. The van der Waals surface area contributed by atoms with E-state index in [0.717, 1.165) is 18.2 Å². The summed E-state index contributed by atoms with van der Waals surface area (Å²) in [5, 5.41) is 0. The molecule has 0 aromatic heterocycles. The lowest BCUT2D eigenvalue weighted by atomic mass is 9.92. The van der Waals surface area contributed by atoms with Crippen LogP contribution in [0.5, 0.6) is 0 Å². The Hall–Kier alpha value is -1.02. The maximum atomic E-state index is 5.97. The molecular weight excluding hydrogens is 220 g/mol. The van der Waals surface area contributed by atoms with E-state index in [1.54, 1.807) is 0 Å². The summed E-state index contributed by atoms with van der Waals surface area (Å²) in [6, 6.07) is 6.28. The topological polar surface area (TPSA) is 29.3 Å². The minimum atomic E-state index is 0.924. The van der Waals surface area contributed by atoms with E-state index in [1.165, 1.54) is 49.9 Å². The van der Waals surface area contributed by atoms with Gasteiger partial charge in [0.1, 0.15) is 0 Å². The number of benzene rings is 1. The average Bonchev–Trinajstić information content (AvgIpc) is 2.38. The highest BCUT2D eigenvalue weighted by atomic mass is 15.1. The minimum Gasteiger partial charge on any atom is -0.399 e. The van der Waals surface area contributed by atoms with Crippen molar-refractivity contribution in [1.82, 2.24) is 4.90 Å². The van der Waals surface area contributed by atoms with Crippen molar-refractivity contribution >= 4 is 5.69 Å². The smallest absolute Gasteiger partial charge is 0.0346 e. The Morgan fingerprint density at radius 2 is 2.00 bits per heavy atom. The molecule has 2 heteroatoms. The second kappa shape index (κ2) is 6.24. The number of nitrogens with zero attached hydrogens (tertiary/aromatic N) is 1. The van der Waals surface area contributed by atoms with Crippen LogP contribution in [0.25, 0.3) is 0 Å². The number of anilines is 1. The fraction of sp³-hybridized carbons (Fsp3) is 0.625. The van der Waals surface area contributed by atoms with Gasteiger partial charge in [-0.05, 0) is 56.0 Å². The first-order valence-electron chi connectivity index (χ1n) is 7.27. The maximum absolute atomic E-state index is 5.97. The number of hydrogen-bond donors (Lipinski definition) is 1. The van der Waals surface area contributed by atoms with Crippen molar-refractivity contribution in [2.75, 3.05) is 18.8 Å². The Bertz CT molecular complexity index is 379. The van der Waals surface area contributed by atoms with Gasteiger partial charge in [0.05, 0.1) is 0 Å². The molecule has 0 atom stereocenters. The van der Waals surface area contributed by atoms with Gasteiger partial charge in [-0.25, -0.2) is 0 Å². The van der Waals surface area contributed by atoms with Crippen LogP contribution in [0.15, 0.2) is 18.2 Å². The van der Waals surface area contributed by atoms with Crippen LogP contribution in [0, 0.1) is 12.8 Å². The fourth-order valence-electron chi connectivity index (χ4n) is 2.96. The molecule has 1 fully saturated rings. The number of piperidine rings is 1. The molecule has 2 rings (SSSR count). The highest BCUT2D eigenvalue weighted by Gasteiger charge is 2.18. The number of rotatable bonds is 4. The predicted molar refractivity (Wildman–Crippen MR) is 78.5 cm³/mol. The molecular formula is C16H26N2. The van der Waals surface area contributed by atoms with Gasteiger partial charge in [0.15, 0.2) is 0 Å². The Balaban J connectivity index is 1.90. The molecule has 18 heavy (non-hydrogen) atoms. The third-order valence-electron chi connectivity index (χ3n) is 4.29. The molecule has 1 saturated heterocycles. The third-order valence-corrected chi connectivity index (χ3v) is 4.29. The summed E-state index contributed by atoms with van der Waals surface area (Å²) in [4.78, 5) is 2.58. The van der Waals surface area contributed by atoms with Gasteiger partial charge >= 0.3 is 0 Å². The average molecular weight is 246 g/mol. The molecule has 0 radical (unpaired) electrons. The van der Waals surface area contributed by atoms with Gasteiger partial charge in [-0.3, -0.25) is 4.90 Å². The molecule has 0 spiro atoms. The monoisotopic (exact) mass is 246 g/mol. The van der Waals surface area contributed by atoms with E-state index in [-0.39, 0.29) is 0 Å². The van der Waals surface area contributed by atoms with E-state index < -0.39 is 0 Å². The minimum absolute atomic E-state index is 0.924. The first kappa shape index (κ1) is 13.4. The molecule has 0 saturated carbocycles. The van der Waals surface area contributed by atoms with Gasteiger partial charge < -0.3 is 5.73 Å². The van der Waals surface area contributed by atoms with Gasteiger partial charge in [0.25, 0.3) is 0 Å². The third kappa shape index (κ3) is 3.26. The number of likely N-dealkylation sites (tertiary alicyclic amines) is 1. The van der Waals surface area contributed by atoms with Crippen LogP contribution in [0.4, 0.5) is 5.69 Å². The summed E-state index contributed by atoms with van der Waals surface area (Å²) in [6.07, 6.45) is 5.48. The Morgan fingerprint density at radius 1 is 1.28 bits per heavy atom. The van der Waals surface area contributed by atoms with E-state index in [1.807, 2.05) is 6.07 Å². The second-order valence-corrected chi connectivity index (χ2v) is 5.64. The zero-order valence-corrected chi connectivity index (χ0v) is 11.8. The van der Waals surface area contributed by atoms with Crippen molar-refractivity contribution in [2.24, 2.45) is 5.92 Å². The maximum Gasteiger partial charge on any atom is 0.0346 e. The van der Waals surface area contributed by atoms with Crippen LogP contribution in [0.1, 0.15) is 43.7 Å². The number of nitrogen functional groups attached to an aromatic ring is 1. The molecule has 1 aliphatic rings. The van der Waals surface area contributed by atoms with E-state index in [9.17, 15) is 0 Å². The Labute approximate surface area is 111 Å². The van der Waals surface area contributed by atoms with Gasteiger partial charge in [-0.15, -0.1) is 0 Å². The summed E-state index contributed by atoms with van der Waals surface area (Å²) in [7, 11) is 0. The Kier molecular flexibility index (Phi) is 4.65. The van der Waals surface area contributed by atoms with E-state index >= 15 is 0 Å². The summed E-state index contributed by atoms with van der Waals surface area (Å²) < 4.78 is 0. The zero-order chi connectivity index (χ0) is 13.0. The highest BCUT2D eigenvalue weighted by molar-refractivity contribution is 5.49. The zero-order valence-electron chi connectivity index (χ0n) is 11.8. The van der Waals surface area contributed by atoms with Crippen molar-refractivity contribution in [3.63, 3.8) is 0 Å². The van der Waals surface area contributed by atoms with Gasteiger partial charge in [-0.2, -0.15) is 0 Å². The van der Waals surface area contributed by atoms with Gasteiger partial charge in [0, 0.05) is 12.2 Å². The molecule has 2 N–H and O–H groups in total. The molecule has 0 unspecified atom stereocenters. The van der Waals surface area contributed by atoms with Crippen molar-refractivity contribution in [2.45, 2.75) is 46.1 Å². The van der Waals surface area contributed by atoms with Crippen molar-refractivity contribution in [3.8, 4) is 0 Å². The van der Waals surface area contributed by atoms with E-state index in [2.05, 4.69) is 30.9 Å². The van der Waals surface area contributed by atoms with Gasteiger partial charge in [-0.1, -0.05) is 31.9 Å². The van der Waals surface area contributed by atoms with Crippen molar-refractivity contribution in [1.29, 1.82) is 0 Å². The van der Waals surface area contributed by atoms with E-state index in [4.69, 9.17) is 5.73 Å². The number of hydrogen-bond acceptors (Lipinski definition) is 2. The lowest BCUT2D eigenvalue weighted by Gasteiger charge is -2.32. The first-order valence-corrected chi connectivity index (χ1v) is 7.27. The van der Waals surface area contributed by atoms with Crippen molar-refractivity contribution in [3.05, 3.63) is 29.3 Å². The van der Waals surface area contributed by atoms with Crippen LogP contribution in [-0.4, -0.2) is 18.0 Å². The molecule has 100 valence electrons.